The zero-order valence-corrected chi connectivity index (χ0v) is 14.1. The zero-order chi connectivity index (χ0) is 17.4. The molecule has 0 aliphatic rings. The standard InChI is InChI=1S/C18H13FN4OS/c1-25(24)16-4-2-3-15-17(14-9-10-20-11-21-14)18(22-23(15)16)12-5-7-13(19)8-6-12/h2-11H,1H3. The van der Waals surface area contributed by atoms with Crippen LogP contribution in [0.15, 0.2) is 66.1 Å². The summed E-state index contributed by atoms with van der Waals surface area (Å²) in [5, 5.41) is 5.24. The molecule has 1 atom stereocenters. The molecular weight excluding hydrogens is 339 g/mol. The summed E-state index contributed by atoms with van der Waals surface area (Å²) in [6.07, 6.45) is 4.73. The van der Waals surface area contributed by atoms with Crippen LogP contribution >= 0.6 is 0 Å². The highest BCUT2D eigenvalue weighted by molar-refractivity contribution is 7.84. The third-order valence-corrected chi connectivity index (χ3v) is 4.77. The van der Waals surface area contributed by atoms with Gasteiger partial charge in [-0.25, -0.2) is 18.9 Å². The number of hydrogen-bond acceptors (Lipinski definition) is 4. The number of pyridine rings is 1. The van der Waals surface area contributed by atoms with Gasteiger partial charge in [0.15, 0.2) is 0 Å². The molecule has 0 saturated carbocycles. The van der Waals surface area contributed by atoms with E-state index in [4.69, 9.17) is 0 Å². The molecule has 5 nitrogen and oxygen atoms in total. The Bertz CT molecular complexity index is 1080. The maximum Gasteiger partial charge on any atom is 0.129 e. The number of fused-ring (bicyclic) bond motifs is 1. The molecule has 3 heterocycles. The number of nitrogens with zero attached hydrogens (tertiary/aromatic N) is 4. The molecule has 0 N–H and O–H groups in total. The Balaban J connectivity index is 2.09. The van der Waals surface area contributed by atoms with Gasteiger partial charge in [-0.3, -0.25) is 4.21 Å². The zero-order valence-electron chi connectivity index (χ0n) is 13.3. The van der Waals surface area contributed by atoms with Crippen LogP contribution in [0.3, 0.4) is 0 Å². The Morgan fingerprint density at radius 1 is 1.08 bits per heavy atom. The van der Waals surface area contributed by atoms with E-state index in [-0.39, 0.29) is 5.82 Å². The fraction of sp³-hybridized carbons (Fsp3) is 0.0556. The molecule has 0 amide bonds. The highest BCUT2D eigenvalue weighted by Gasteiger charge is 2.19. The van der Waals surface area contributed by atoms with Crippen LogP contribution in [-0.4, -0.2) is 30.0 Å². The molecule has 0 saturated heterocycles. The minimum Gasteiger partial charge on any atom is -0.253 e. The van der Waals surface area contributed by atoms with Crippen LogP contribution in [0.4, 0.5) is 4.39 Å². The molecule has 0 bridgehead atoms. The molecule has 0 aliphatic carbocycles. The van der Waals surface area contributed by atoms with Gasteiger partial charge < -0.3 is 0 Å². The minimum atomic E-state index is -1.21. The molecule has 1 unspecified atom stereocenters. The van der Waals surface area contributed by atoms with E-state index in [1.165, 1.54) is 18.5 Å². The number of rotatable bonds is 3. The first-order chi connectivity index (χ1) is 12.1. The van der Waals surface area contributed by atoms with E-state index >= 15 is 0 Å². The Morgan fingerprint density at radius 3 is 2.56 bits per heavy atom. The first-order valence-electron chi connectivity index (χ1n) is 7.52. The highest BCUT2D eigenvalue weighted by Crippen LogP contribution is 2.34. The van der Waals surface area contributed by atoms with Crippen LogP contribution in [-0.2, 0) is 10.8 Å². The molecule has 4 aromatic rings. The summed E-state index contributed by atoms with van der Waals surface area (Å²) in [7, 11) is -1.21. The van der Waals surface area contributed by atoms with E-state index < -0.39 is 10.8 Å². The van der Waals surface area contributed by atoms with Crippen LogP contribution in [0.25, 0.3) is 28.0 Å². The molecule has 1 aromatic carbocycles. The minimum absolute atomic E-state index is 0.313. The summed E-state index contributed by atoms with van der Waals surface area (Å²) in [5.74, 6) is -0.313. The molecule has 0 spiro atoms. The van der Waals surface area contributed by atoms with Crippen molar-refractivity contribution in [2.24, 2.45) is 0 Å². The predicted octanol–water partition coefficient (Wildman–Crippen LogP) is 3.33. The van der Waals surface area contributed by atoms with E-state index in [1.807, 2.05) is 12.1 Å². The SMILES string of the molecule is CS(=O)c1cccc2c(-c3ccncn3)c(-c3ccc(F)cc3)nn12. The number of halogens is 1. The van der Waals surface area contributed by atoms with E-state index in [0.29, 0.717) is 16.4 Å². The van der Waals surface area contributed by atoms with Crippen molar-refractivity contribution >= 4 is 16.3 Å². The molecule has 0 aliphatic heterocycles. The van der Waals surface area contributed by atoms with Crippen molar-refractivity contribution in [2.45, 2.75) is 5.03 Å². The maximum atomic E-state index is 13.3. The van der Waals surface area contributed by atoms with Gasteiger partial charge >= 0.3 is 0 Å². The van der Waals surface area contributed by atoms with Gasteiger partial charge in [0.05, 0.1) is 27.6 Å². The average molecular weight is 352 g/mol. The lowest BCUT2D eigenvalue weighted by Crippen LogP contribution is -1.99. The van der Waals surface area contributed by atoms with Gasteiger partial charge in [0.25, 0.3) is 0 Å². The Hall–Kier alpha value is -2.93. The summed E-state index contributed by atoms with van der Waals surface area (Å²) in [6, 6.07) is 13.4. The van der Waals surface area contributed by atoms with Gasteiger partial charge in [0, 0.05) is 18.0 Å². The van der Waals surface area contributed by atoms with Crippen molar-refractivity contribution in [1.29, 1.82) is 0 Å². The van der Waals surface area contributed by atoms with Gasteiger partial charge in [-0.2, -0.15) is 5.10 Å². The third kappa shape index (κ3) is 2.72. The molecule has 4 rings (SSSR count). The second-order valence-corrected chi connectivity index (χ2v) is 6.77. The first kappa shape index (κ1) is 15.6. The molecular formula is C18H13FN4OS. The molecule has 3 aromatic heterocycles. The van der Waals surface area contributed by atoms with Crippen molar-refractivity contribution < 1.29 is 8.60 Å². The molecule has 0 fully saturated rings. The number of benzene rings is 1. The number of hydrogen-bond donors (Lipinski definition) is 0. The van der Waals surface area contributed by atoms with Gasteiger partial charge in [-0.05, 0) is 42.5 Å². The van der Waals surface area contributed by atoms with Crippen molar-refractivity contribution in [3.63, 3.8) is 0 Å². The Labute approximate surface area is 145 Å². The first-order valence-corrected chi connectivity index (χ1v) is 9.08. The topological polar surface area (TPSA) is 60.2 Å². The fourth-order valence-electron chi connectivity index (χ4n) is 2.76. The fourth-order valence-corrected chi connectivity index (χ4v) is 3.42. The quantitative estimate of drug-likeness (QED) is 0.567. The largest absolute Gasteiger partial charge is 0.253 e. The van der Waals surface area contributed by atoms with Crippen molar-refractivity contribution in [3.05, 3.63) is 66.9 Å². The molecule has 124 valence electrons. The molecule has 7 heteroatoms. The van der Waals surface area contributed by atoms with Gasteiger partial charge in [-0.1, -0.05) is 6.07 Å². The Kier molecular flexibility index (Phi) is 3.85. The average Bonchev–Trinajstić information content (AvgIpc) is 3.02. The molecule has 25 heavy (non-hydrogen) atoms. The van der Waals surface area contributed by atoms with Gasteiger partial charge in [0.2, 0.25) is 0 Å². The van der Waals surface area contributed by atoms with Gasteiger partial charge in [-0.15, -0.1) is 0 Å². The second kappa shape index (κ2) is 6.18. The monoisotopic (exact) mass is 352 g/mol. The van der Waals surface area contributed by atoms with Gasteiger partial charge in [0.1, 0.15) is 22.9 Å². The van der Waals surface area contributed by atoms with E-state index in [9.17, 15) is 8.60 Å². The van der Waals surface area contributed by atoms with Crippen molar-refractivity contribution in [2.75, 3.05) is 6.26 Å². The lowest BCUT2D eigenvalue weighted by Gasteiger charge is -2.03. The summed E-state index contributed by atoms with van der Waals surface area (Å²) >= 11 is 0. The van der Waals surface area contributed by atoms with Crippen LogP contribution in [0.5, 0.6) is 0 Å². The summed E-state index contributed by atoms with van der Waals surface area (Å²) in [5.41, 5.74) is 3.68. The van der Waals surface area contributed by atoms with Crippen LogP contribution < -0.4 is 0 Å². The van der Waals surface area contributed by atoms with Crippen LogP contribution in [0.2, 0.25) is 0 Å². The van der Waals surface area contributed by atoms with Crippen LogP contribution in [0, 0.1) is 5.82 Å². The maximum absolute atomic E-state index is 13.3. The summed E-state index contributed by atoms with van der Waals surface area (Å²) in [6.45, 7) is 0. The second-order valence-electron chi connectivity index (χ2n) is 5.44. The normalized spacial score (nSPS) is 12.4. The Morgan fingerprint density at radius 2 is 1.88 bits per heavy atom. The van der Waals surface area contributed by atoms with E-state index in [0.717, 1.165) is 16.6 Å². The molecule has 0 radical (unpaired) electrons. The summed E-state index contributed by atoms with van der Waals surface area (Å²) in [4.78, 5) is 8.29. The number of aromatic nitrogens is 4. The smallest absolute Gasteiger partial charge is 0.129 e. The van der Waals surface area contributed by atoms with Crippen molar-refractivity contribution in [3.8, 4) is 22.5 Å². The van der Waals surface area contributed by atoms with Crippen LogP contribution in [0.1, 0.15) is 0 Å². The highest BCUT2D eigenvalue weighted by atomic mass is 32.2. The lowest BCUT2D eigenvalue weighted by atomic mass is 10.0. The van der Waals surface area contributed by atoms with E-state index in [1.54, 1.807) is 41.2 Å². The predicted molar refractivity (Wildman–Crippen MR) is 93.9 cm³/mol. The lowest BCUT2D eigenvalue weighted by molar-refractivity contribution is 0.628. The third-order valence-electron chi connectivity index (χ3n) is 3.87. The van der Waals surface area contributed by atoms with Crippen molar-refractivity contribution in [1.82, 2.24) is 19.6 Å². The summed E-state index contributed by atoms with van der Waals surface area (Å²) < 4.78 is 27.0. The van der Waals surface area contributed by atoms with E-state index in [2.05, 4.69) is 15.1 Å².